The number of hydrogen-bond donors (Lipinski definition) is 3. The van der Waals surface area contributed by atoms with Gasteiger partial charge in [-0.15, -0.1) is 6.42 Å². The summed E-state index contributed by atoms with van der Waals surface area (Å²) in [4.78, 5) is 47.8. The van der Waals surface area contributed by atoms with Crippen LogP contribution in [0.1, 0.15) is 62.9 Å². The zero-order chi connectivity index (χ0) is 37.5. The molecule has 1 heterocycles. The van der Waals surface area contributed by atoms with Crippen molar-refractivity contribution in [2.75, 3.05) is 0 Å². The smallest absolute Gasteiger partial charge is 0.417 e. The van der Waals surface area contributed by atoms with Crippen LogP contribution in [0.4, 0.5) is 4.79 Å². The Hall–Kier alpha value is -6.11. The fourth-order valence-electron chi connectivity index (χ4n) is 5.90. The third-order valence-electron chi connectivity index (χ3n) is 8.00. The zero-order valence-electron chi connectivity index (χ0n) is 30.1. The monoisotopic (exact) mass is 696 g/mol. The second-order valence-electron chi connectivity index (χ2n) is 13.9. The fourth-order valence-corrected chi connectivity index (χ4v) is 5.90. The van der Waals surface area contributed by atoms with Crippen LogP contribution in [0.5, 0.6) is 0 Å². The number of esters is 1. The molecule has 52 heavy (non-hydrogen) atoms. The highest BCUT2D eigenvalue weighted by Crippen LogP contribution is 2.37. The minimum atomic E-state index is -1.46. The van der Waals surface area contributed by atoms with Crippen molar-refractivity contribution in [2.24, 2.45) is 5.73 Å². The molecule has 4 aromatic carbocycles. The average molecular weight is 697 g/mol. The van der Waals surface area contributed by atoms with Gasteiger partial charge in [-0.3, -0.25) is 15.4 Å². The van der Waals surface area contributed by atoms with E-state index in [-0.39, 0.29) is 12.1 Å². The molecule has 0 fully saturated rings. The Kier molecular flexibility index (Phi) is 11.3. The summed E-state index contributed by atoms with van der Waals surface area (Å²) < 4.78 is 11.6. The van der Waals surface area contributed by atoms with Crippen molar-refractivity contribution < 1.29 is 23.9 Å². The van der Waals surface area contributed by atoms with Gasteiger partial charge in [0.2, 0.25) is 5.91 Å². The molecule has 2 amide bonds. The average Bonchev–Trinajstić information content (AvgIpc) is 3.52. The SMILES string of the molecule is C#CC(=C(c1ccccc1)c1ccccc1)N(C(=O)OC(C)(C)N)C(C(=O)N[C@H](Cc1ccccc1)C(=O)OC(C)(C)C)c1c[nH]c2ccccc12. The normalized spacial score (nSPS) is 12.6. The van der Waals surface area contributed by atoms with Crippen molar-refractivity contribution in [3.63, 3.8) is 0 Å². The Bertz CT molecular complexity index is 2040. The second kappa shape index (κ2) is 15.8. The summed E-state index contributed by atoms with van der Waals surface area (Å²) in [7, 11) is 0. The van der Waals surface area contributed by atoms with Gasteiger partial charge in [0, 0.05) is 34.7 Å². The summed E-state index contributed by atoms with van der Waals surface area (Å²) in [6.45, 7) is 8.32. The lowest BCUT2D eigenvalue weighted by Crippen LogP contribution is -2.52. The van der Waals surface area contributed by atoms with Crippen LogP contribution >= 0.6 is 0 Å². The summed E-state index contributed by atoms with van der Waals surface area (Å²) in [6, 6.07) is 32.7. The van der Waals surface area contributed by atoms with Crippen LogP contribution in [-0.2, 0) is 25.5 Å². The third kappa shape index (κ3) is 9.16. The van der Waals surface area contributed by atoms with E-state index in [0.29, 0.717) is 33.2 Å². The number of allylic oxidation sites excluding steroid dienone is 1. The summed E-state index contributed by atoms with van der Waals surface area (Å²) in [5.74, 6) is 1.41. The number of hydrogen-bond acceptors (Lipinski definition) is 6. The maximum absolute atomic E-state index is 15.1. The number of aromatic amines is 1. The number of nitrogens with two attached hydrogens (primary N) is 1. The number of carbonyl (C=O) groups excluding carboxylic acids is 3. The number of carbonyl (C=O) groups is 3. The lowest BCUT2D eigenvalue weighted by atomic mass is 9.94. The van der Waals surface area contributed by atoms with Crippen molar-refractivity contribution in [2.45, 2.75) is 64.4 Å². The fraction of sp³-hybridized carbons (Fsp3) is 0.233. The number of H-pyrrole nitrogens is 1. The molecule has 9 nitrogen and oxygen atoms in total. The number of rotatable bonds is 11. The molecule has 5 aromatic rings. The van der Waals surface area contributed by atoms with Crippen LogP contribution in [0.2, 0.25) is 0 Å². The number of nitrogens with one attached hydrogen (secondary N) is 2. The molecule has 4 N–H and O–H groups in total. The molecule has 0 saturated carbocycles. The van der Waals surface area contributed by atoms with Crippen molar-refractivity contribution in [1.29, 1.82) is 0 Å². The molecule has 5 rings (SSSR count). The first-order chi connectivity index (χ1) is 24.8. The van der Waals surface area contributed by atoms with Gasteiger partial charge >= 0.3 is 12.1 Å². The van der Waals surface area contributed by atoms with Gasteiger partial charge in [0.25, 0.3) is 0 Å². The number of ether oxygens (including phenoxy) is 2. The topological polar surface area (TPSA) is 127 Å². The molecular formula is C43H44N4O5. The summed E-state index contributed by atoms with van der Waals surface area (Å²) in [5, 5.41) is 3.59. The van der Waals surface area contributed by atoms with Crippen molar-refractivity contribution >= 4 is 34.4 Å². The molecule has 9 heteroatoms. The highest BCUT2D eigenvalue weighted by Gasteiger charge is 2.41. The molecule has 0 spiro atoms. The molecule has 0 saturated heterocycles. The molecule has 1 unspecified atom stereocenters. The van der Waals surface area contributed by atoms with Crippen LogP contribution in [-0.4, -0.2) is 45.2 Å². The lowest BCUT2D eigenvalue weighted by Gasteiger charge is -2.34. The number of amides is 2. The molecule has 0 aliphatic rings. The molecular weight excluding hydrogens is 652 g/mol. The van der Waals surface area contributed by atoms with Gasteiger partial charge in [-0.25, -0.2) is 9.59 Å². The van der Waals surface area contributed by atoms with E-state index in [9.17, 15) is 9.59 Å². The number of nitrogens with zero attached hydrogens (tertiary/aromatic N) is 1. The molecule has 0 aliphatic heterocycles. The first-order valence-electron chi connectivity index (χ1n) is 17.0. The second-order valence-corrected chi connectivity index (χ2v) is 13.9. The van der Waals surface area contributed by atoms with Crippen molar-refractivity contribution in [1.82, 2.24) is 15.2 Å². The van der Waals surface area contributed by atoms with Gasteiger partial charge in [0.1, 0.15) is 23.4 Å². The van der Waals surface area contributed by atoms with Gasteiger partial charge in [0.15, 0.2) is 5.72 Å². The van der Waals surface area contributed by atoms with Crippen molar-refractivity contribution in [3.8, 4) is 12.3 Å². The maximum atomic E-state index is 15.1. The molecule has 2 atom stereocenters. The largest absolute Gasteiger partial charge is 0.458 e. The minimum absolute atomic E-state index is 0.0500. The summed E-state index contributed by atoms with van der Waals surface area (Å²) >= 11 is 0. The first kappa shape index (κ1) is 37.2. The van der Waals surface area contributed by atoms with E-state index >= 15 is 4.79 Å². The van der Waals surface area contributed by atoms with E-state index in [4.69, 9.17) is 21.6 Å². The zero-order valence-corrected chi connectivity index (χ0v) is 30.1. The number of aromatic nitrogens is 1. The van der Waals surface area contributed by atoms with Gasteiger partial charge in [0.05, 0.1) is 0 Å². The summed E-state index contributed by atoms with van der Waals surface area (Å²) in [6.07, 6.45) is 7.19. The lowest BCUT2D eigenvalue weighted by molar-refractivity contribution is -0.158. The van der Waals surface area contributed by atoms with Gasteiger partial charge in [-0.2, -0.15) is 0 Å². The van der Waals surface area contributed by atoms with E-state index < -0.39 is 41.4 Å². The number of para-hydroxylation sites is 1. The third-order valence-corrected chi connectivity index (χ3v) is 8.00. The van der Waals surface area contributed by atoms with Crippen LogP contribution in [0.15, 0.2) is 127 Å². The maximum Gasteiger partial charge on any atom is 0.417 e. The van der Waals surface area contributed by atoms with E-state index in [2.05, 4.69) is 16.2 Å². The molecule has 0 radical (unpaired) electrons. The molecule has 266 valence electrons. The predicted octanol–water partition coefficient (Wildman–Crippen LogP) is 7.50. The van der Waals surface area contributed by atoms with E-state index in [1.54, 1.807) is 27.0 Å². The minimum Gasteiger partial charge on any atom is -0.458 e. The summed E-state index contributed by atoms with van der Waals surface area (Å²) in [5.41, 5.74) is 7.83. The number of terminal acetylenes is 1. The Morgan fingerprint density at radius 2 is 1.35 bits per heavy atom. The Balaban J connectivity index is 1.77. The van der Waals surface area contributed by atoms with E-state index in [0.717, 1.165) is 10.5 Å². The van der Waals surface area contributed by atoms with Crippen LogP contribution < -0.4 is 11.1 Å². The van der Waals surface area contributed by atoms with Crippen LogP contribution in [0, 0.1) is 12.3 Å². The van der Waals surface area contributed by atoms with Gasteiger partial charge in [-0.1, -0.05) is 115 Å². The predicted molar refractivity (Wildman–Crippen MR) is 203 cm³/mol. The number of benzene rings is 4. The Morgan fingerprint density at radius 3 is 1.88 bits per heavy atom. The molecule has 0 aliphatic carbocycles. The Labute approximate surface area is 304 Å². The van der Waals surface area contributed by atoms with Gasteiger partial charge in [-0.05, 0) is 57.4 Å². The highest BCUT2D eigenvalue weighted by atomic mass is 16.6. The van der Waals surface area contributed by atoms with Crippen LogP contribution in [0.3, 0.4) is 0 Å². The highest BCUT2D eigenvalue weighted by molar-refractivity contribution is 5.97. The number of fused-ring (bicyclic) bond motifs is 1. The van der Waals surface area contributed by atoms with Gasteiger partial charge < -0.3 is 19.8 Å². The van der Waals surface area contributed by atoms with Crippen LogP contribution in [0.25, 0.3) is 16.5 Å². The quantitative estimate of drug-likeness (QED) is 0.0746. The first-order valence-corrected chi connectivity index (χ1v) is 17.0. The Morgan fingerprint density at radius 1 is 0.808 bits per heavy atom. The molecule has 0 bridgehead atoms. The molecule has 1 aromatic heterocycles. The van der Waals surface area contributed by atoms with Crippen molar-refractivity contribution in [3.05, 3.63) is 149 Å². The standard InChI is InChI=1S/C43H44N4O5/c1-7-36(37(30-21-13-9-14-22-30)31-23-15-10-16-24-31)47(41(50)52-43(5,6)44)38(33-28-45-34-26-18-17-25-32(33)34)39(48)46-35(40(49)51-42(2,3)4)27-29-19-11-8-12-20-29/h1,8-26,28,35,38,45H,27,44H2,2-6H3,(H,46,48)/t35-,38?/m1/s1. The van der Waals surface area contributed by atoms with E-state index in [1.807, 2.05) is 115 Å². The van der Waals surface area contributed by atoms with E-state index in [1.165, 1.54) is 13.8 Å².